The van der Waals surface area contributed by atoms with Crippen LogP contribution in [0.1, 0.15) is 40.5 Å². The van der Waals surface area contributed by atoms with E-state index in [9.17, 15) is 0 Å². The van der Waals surface area contributed by atoms with Crippen LogP contribution in [0.25, 0.3) is 0 Å². The van der Waals surface area contributed by atoms with Crippen molar-refractivity contribution >= 4 is 23.0 Å². The van der Waals surface area contributed by atoms with Crippen molar-refractivity contribution in [3.05, 3.63) is 24.3 Å². The average molecular weight is 322 g/mol. The third kappa shape index (κ3) is 4.58. The largest absolute Gasteiger partial charge is 0.495 e. The fourth-order valence-electron chi connectivity index (χ4n) is 3.71. The highest BCUT2D eigenvalue weighted by molar-refractivity contribution is 7.80. The van der Waals surface area contributed by atoms with Crippen molar-refractivity contribution in [2.24, 2.45) is 0 Å². The zero-order valence-electron chi connectivity index (χ0n) is 14.2. The normalized spacial score (nSPS) is 20.2. The van der Waals surface area contributed by atoms with Crippen molar-refractivity contribution in [1.82, 2.24) is 5.32 Å². The number of thiocarbonyl (C=S) groups is 1. The molecule has 0 bridgehead atoms. The SMILES string of the molecule is COc1ccccc1NC(=S)NC1CC(C)(C)[NH2+]C(C)(C)C1. The van der Waals surface area contributed by atoms with Gasteiger partial charge in [0.25, 0.3) is 0 Å². The molecule has 122 valence electrons. The molecule has 0 atom stereocenters. The smallest absolute Gasteiger partial charge is 0.171 e. The van der Waals surface area contributed by atoms with Crippen LogP contribution >= 0.6 is 12.2 Å². The zero-order chi connectivity index (χ0) is 16.4. The second-order valence-corrected chi connectivity index (χ2v) is 7.93. The summed E-state index contributed by atoms with van der Waals surface area (Å²) in [6.45, 7) is 9.16. The van der Waals surface area contributed by atoms with Crippen LogP contribution in [0.2, 0.25) is 0 Å². The topological polar surface area (TPSA) is 49.9 Å². The maximum absolute atomic E-state index is 5.49. The summed E-state index contributed by atoms with van der Waals surface area (Å²) >= 11 is 5.49. The maximum Gasteiger partial charge on any atom is 0.171 e. The standard InChI is InChI=1S/C17H27N3OS/c1-16(2)10-12(11-17(3,4)20-16)18-15(22)19-13-8-6-7-9-14(13)21-5/h6-9,12,20H,10-11H2,1-5H3,(H2,18,19,22)/p+1. The van der Waals surface area contributed by atoms with Crippen molar-refractivity contribution in [1.29, 1.82) is 0 Å². The number of quaternary nitrogens is 1. The lowest BCUT2D eigenvalue weighted by Crippen LogP contribution is -3.06. The van der Waals surface area contributed by atoms with Crippen LogP contribution in [-0.4, -0.2) is 29.3 Å². The summed E-state index contributed by atoms with van der Waals surface area (Å²) in [6, 6.07) is 8.18. The van der Waals surface area contributed by atoms with Gasteiger partial charge in [0.1, 0.15) is 5.75 Å². The highest BCUT2D eigenvalue weighted by Gasteiger charge is 2.41. The van der Waals surface area contributed by atoms with Gasteiger partial charge in [-0.3, -0.25) is 0 Å². The summed E-state index contributed by atoms with van der Waals surface area (Å²) in [5.41, 5.74) is 1.34. The van der Waals surface area contributed by atoms with Crippen molar-refractivity contribution in [3.63, 3.8) is 0 Å². The monoisotopic (exact) mass is 322 g/mol. The van der Waals surface area contributed by atoms with Gasteiger partial charge in [0.05, 0.1) is 23.9 Å². The lowest BCUT2D eigenvalue weighted by atomic mass is 9.80. The molecule has 1 saturated heterocycles. The number of ether oxygens (including phenoxy) is 1. The Bertz CT molecular complexity index is 526. The molecule has 0 unspecified atom stereocenters. The summed E-state index contributed by atoms with van der Waals surface area (Å²) < 4.78 is 5.35. The van der Waals surface area contributed by atoms with E-state index in [0.29, 0.717) is 11.2 Å². The van der Waals surface area contributed by atoms with Crippen LogP contribution in [0.5, 0.6) is 5.75 Å². The number of hydrogen-bond donors (Lipinski definition) is 3. The number of hydrogen-bond acceptors (Lipinski definition) is 2. The van der Waals surface area contributed by atoms with Gasteiger partial charge in [0, 0.05) is 18.9 Å². The minimum Gasteiger partial charge on any atom is -0.495 e. The number of methoxy groups -OCH3 is 1. The number of benzene rings is 1. The number of piperidine rings is 1. The Morgan fingerprint density at radius 1 is 1.18 bits per heavy atom. The van der Waals surface area contributed by atoms with E-state index >= 15 is 0 Å². The summed E-state index contributed by atoms with van der Waals surface area (Å²) in [6.07, 6.45) is 2.17. The number of anilines is 1. The first kappa shape index (κ1) is 17.0. The van der Waals surface area contributed by atoms with Gasteiger partial charge in [0.2, 0.25) is 0 Å². The van der Waals surface area contributed by atoms with Crippen LogP contribution in [0, 0.1) is 0 Å². The van der Waals surface area contributed by atoms with Gasteiger partial charge in [0.15, 0.2) is 5.11 Å². The molecule has 4 N–H and O–H groups in total. The molecular weight excluding hydrogens is 294 g/mol. The number of nitrogens with two attached hydrogens (primary N) is 1. The molecule has 0 saturated carbocycles. The minimum atomic E-state index is 0.222. The van der Waals surface area contributed by atoms with Gasteiger partial charge >= 0.3 is 0 Å². The van der Waals surface area contributed by atoms with Gasteiger partial charge in [-0.2, -0.15) is 0 Å². The Morgan fingerprint density at radius 3 is 2.36 bits per heavy atom. The average Bonchev–Trinajstić information content (AvgIpc) is 2.35. The molecule has 0 aliphatic carbocycles. The highest BCUT2D eigenvalue weighted by Crippen LogP contribution is 2.24. The Morgan fingerprint density at radius 2 is 1.77 bits per heavy atom. The van der Waals surface area contributed by atoms with Gasteiger partial charge in [-0.15, -0.1) is 0 Å². The van der Waals surface area contributed by atoms with Gasteiger partial charge in [-0.25, -0.2) is 0 Å². The minimum absolute atomic E-state index is 0.222. The third-order valence-electron chi connectivity index (χ3n) is 4.02. The Kier molecular flexibility index (Phi) is 4.97. The molecule has 1 fully saturated rings. The Balaban J connectivity index is 2.00. The van der Waals surface area contributed by atoms with Crippen molar-refractivity contribution < 1.29 is 10.1 Å². The third-order valence-corrected chi connectivity index (χ3v) is 4.24. The first-order valence-corrected chi connectivity index (χ1v) is 8.19. The van der Waals surface area contributed by atoms with E-state index in [2.05, 4.69) is 43.6 Å². The molecule has 2 rings (SSSR count). The fraction of sp³-hybridized carbons (Fsp3) is 0.588. The second kappa shape index (κ2) is 6.42. The molecule has 4 nitrogen and oxygen atoms in total. The zero-order valence-corrected chi connectivity index (χ0v) is 15.0. The van der Waals surface area contributed by atoms with E-state index in [4.69, 9.17) is 17.0 Å². The van der Waals surface area contributed by atoms with E-state index in [1.807, 2.05) is 24.3 Å². The van der Waals surface area contributed by atoms with Crippen LogP contribution in [0.15, 0.2) is 24.3 Å². The van der Waals surface area contributed by atoms with E-state index < -0.39 is 0 Å². The fourth-order valence-corrected chi connectivity index (χ4v) is 3.99. The predicted octanol–water partition coefficient (Wildman–Crippen LogP) is 2.26. The number of rotatable bonds is 3. The summed E-state index contributed by atoms with van der Waals surface area (Å²) in [7, 11) is 1.67. The predicted molar refractivity (Wildman–Crippen MR) is 95.5 cm³/mol. The molecule has 1 heterocycles. The molecule has 1 aromatic rings. The van der Waals surface area contributed by atoms with Crippen molar-refractivity contribution in [2.75, 3.05) is 12.4 Å². The number of nitrogens with one attached hydrogen (secondary N) is 2. The quantitative estimate of drug-likeness (QED) is 0.747. The van der Waals surface area contributed by atoms with E-state index in [1.165, 1.54) is 0 Å². The molecule has 0 spiro atoms. The van der Waals surface area contributed by atoms with E-state index in [1.54, 1.807) is 7.11 Å². The molecule has 0 amide bonds. The Hall–Kier alpha value is -1.33. The van der Waals surface area contributed by atoms with E-state index in [-0.39, 0.29) is 11.1 Å². The molecule has 1 aliphatic heterocycles. The first-order chi connectivity index (χ1) is 10.2. The molecule has 5 heteroatoms. The maximum atomic E-state index is 5.49. The first-order valence-electron chi connectivity index (χ1n) is 7.78. The lowest BCUT2D eigenvalue weighted by molar-refractivity contribution is -0.787. The van der Waals surface area contributed by atoms with Crippen LogP contribution in [-0.2, 0) is 0 Å². The summed E-state index contributed by atoms with van der Waals surface area (Å²) in [4.78, 5) is 0. The molecular formula is C17H28N3OS+. The molecule has 22 heavy (non-hydrogen) atoms. The highest BCUT2D eigenvalue weighted by atomic mass is 32.1. The second-order valence-electron chi connectivity index (χ2n) is 7.53. The summed E-state index contributed by atoms with van der Waals surface area (Å²) in [5, 5.41) is 9.85. The van der Waals surface area contributed by atoms with Crippen LogP contribution < -0.4 is 20.7 Å². The van der Waals surface area contributed by atoms with Crippen LogP contribution in [0.3, 0.4) is 0 Å². The van der Waals surface area contributed by atoms with E-state index in [0.717, 1.165) is 24.3 Å². The molecule has 1 aliphatic rings. The Labute approximate surface area is 139 Å². The molecule has 0 radical (unpaired) electrons. The van der Waals surface area contributed by atoms with Gasteiger partial charge in [-0.05, 0) is 52.0 Å². The lowest BCUT2D eigenvalue weighted by Gasteiger charge is -2.43. The molecule has 1 aromatic carbocycles. The summed E-state index contributed by atoms with van der Waals surface area (Å²) in [5.74, 6) is 0.796. The van der Waals surface area contributed by atoms with Crippen molar-refractivity contribution in [3.8, 4) is 5.75 Å². The van der Waals surface area contributed by atoms with Crippen LogP contribution in [0.4, 0.5) is 5.69 Å². The number of para-hydroxylation sites is 2. The van der Waals surface area contributed by atoms with Crippen molar-refractivity contribution in [2.45, 2.75) is 57.7 Å². The van der Waals surface area contributed by atoms with Gasteiger partial charge in [-0.1, -0.05) is 12.1 Å². The molecule has 0 aromatic heterocycles. The van der Waals surface area contributed by atoms with Gasteiger partial charge < -0.3 is 20.7 Å².